The molecule has 1 aliphatic heterocycles. The Morgan fingerprint density at radius 2 is 1.80 bits per heavy atom. The Labute approximate surface area is 143 Å². The molecule has 0 amide bonds. The molecular formula is C21H14O4. The summed E-state index contributed by atoms with van der Waals surface area (Å²) in [6.45, 7) is 1.81. The summed E-state index contributed by atoms with van der Waals surface area (Å²) in [5, 5.41) is 0.733. The van der Waals surface area contributed by atoms with Gasteiger partial charge < -0.3 is 9.15 Å². The molecule has 0 aliphatic carbocycles. The van der Waals surface area contributed by atoms with E-state index >= 15 is 0 Å². The quantitative estimate of drug-likeness (QED) is 0.520. The number of carbonyl (C=O) groups excluding carboxylic acids is 1. The number of hydrogen-bond acceptors (Lipinski definition) is 4. The molecule has 2 aromatic carbocycles. The largest absolute Gasteiger partial charge is 0.452 e. The fourth-order valence-electron chi connectivity index (χ4n) is 2.87. The lowest BCUT2D eigenvalue weighted by Gasteiger charge is -2.02. The molecule has 2 heterocycles. The van der Waals surface area contributed by atoms with Gasteiger partial charge in [0.05, 0.1) is 0 Å². The highest BCUT2D eigenvalue weighted by Gasteiger charge is 2.30. The first kappa shape index (κ1) is 15.1. The molecule has 122 valence electrons. The molecule has 1 aromatic heterocycles. The van der Waals surface area contributed by atoms with Crippen molar-refractivity contribution in [2.24, 2.45) is 0 Å². The molecule has 0 radical (unpaired) electrons. The second-order valence-corrected chi connectivity index (χ2v) is 5.80. The van der Waals surface area contributed by atoms with Crippen LogP contribution in [0.25, 0.3) is 17.0 Å². The van der Waals surface area contributed by atoms with Crippen LogP contribution in [0.15, 0.2) is 75.7 Å². The van der Waals surface area contributed by atoms with E-state index in [-0.39, 0.29) is 17.1 Å². The highest BCUT2D eigenvalue weighted by atomic mass is 16.5. The van der Waals surface area contributed by atoms with Crippen molar-refractivity contribution in [2.75, 3.05) is 0 Å². The fourth-order valence-corrected chi connectivity index (χ4v) is 2.87. The highest BCUT2D eigenvalue weighted by molar-refractivity contribution is 6.18. The number of hydrogen-bond donors (Lipinski definition) is 0. The van der Waals surface area contributed by atoms with Gasteiger partial charge in [-0.25, -0.2) is 4.79 Å². The molecule has 0 saturated carbocycles. The number of allylic oxidation sites excluding steroid dienone is 3. The zero-order chi connectivity index (χ0) is 17.4. The molecule has 3 aromatic rings. The van der Waals surface area contributed by atoms with E-state index in [1.165, 1.54) is 6.07 Å². The first-order valence-electron chi connectivity index (χ1n) is 7.87. The average Bonchev–Trinajstić information content (AvgIpc) is 2.92. The minimum atomic E-state index is -0.479. The Morgan fingerprint density at radius 1 is 1.00 bits per heavy atom. The van der Waals surface area contributed by atoms with Gasteiger partial charge in [0.15, 0.2) is 11.3 Å². The molecule has 25 heavy (non-hydrogen) atoms. The van der Waals surface area contributed by atoms with Crippen LogP contribution in [-0.2, 0) is 0 Å². The Kier molecular flexibility index (Phi) is 3.58. The Hall–Kier alpha value is -3.40. The third-order valence-corrected chi connectivity index (χ3v) is 4.09. The van der Waals surface area contributed by atoms with E-state index in [9.17, 15) is 9.59 Å². The van der Waals surface area contributed by atoms with Crippen molar-refractivity contribution < 1.29 is 13.9 Å². The minimum absolute atomic E-state index is 0.207. The molecule has 0 unspecified atom stereocenters. The predicted octanol–water partition coefficient (Wildman–Crippen LogP) is 4.27. The van der Waals surface area contributed by atoms with Gasteiger partial charge in [-0.15, -0.1) is 0 Å². The zero-order valence-corrected chi connectivity index (χ0v) is 13.5. The van der Waals surface area contributed by atoms with Gasteiger partial charge in [0.25, 0.3) is 0 Å². The lowest BCUT2D eigenvalue weighted by atomic mass is 10.0. The molecule has 0 bridgehead atoms. The maximum Gasteiger partial charge on any atom is 0.336 e. The van der Waals surface area contributed by atoms with Gasteiger partial charge in [0, 0.05) is 11.5 Å². The first-order valence-corrected chi connectivity index (χ1v) is 7.87. The summed E-state index contributed by atoms with van der Waals surface area (Å²) >= 11 is 0. The van der Waals surface area contributed by atoms with Crippen LogP contribution in [0.4, 0.5) is 0 Å². The fraction of sp³-hybridized carbons (Fsp3) is 0.0476. The number of carbonyl (C=O) groups is 1. The van der Waals surface area contributed by atoms with E-state index in [2.05, 4.69) is 0 Å². The molecule has 1 aliphatic rings. The topological polar surface area (TPSA) is 56.5 Å². The Bertz CT molecular complexity index is 1100. The lowest BCUT2D eigenvalue weighted by molar-refractivity contribution is 0.101. The molecule has 0 spiro atoms. The molecule has 4 nitrogen and oxygen atoms in total. The number of benzene rings is 2. The summed E-state index contributed by atoms with van der Waals surface area (Å²) in [7, 11) is 0. The second-order valence-electron chi connectivity index (χ2n) is 5.80. The van der Waals surface area contributed by atoms with Crippen LogP contribution < -0.4 is 10.4 Å². The average molecular weight is 330 g/mol. The van der Waals surface area contributed by atoms with Crippen molar-refractivity contribution in [2.45, 2.75) is 6.92 Å². The van der Waals surface area contributed by atoms with Gasteiger partial charge in [-0.3, -0.25) is 4.79 Å². The third kappa shape index (κ3) is 2.68. The molecule has 0 atom stereocenters. The van der Waals surface area contributed by atoms with Gasteiger partial charge >= 0.3 is 5.63 Å². The highest BCUT2D eigenvalue weighted by Crippen LogP contribution is 2.36. The van der Waals surface area contributed by atoms with Crippen LogP contribution in [0, 0.1) is 6.92 Å². The van der Waals surface area contributed by atoms with Crippen LogP contribution >= 0.6 is 0 Å². The molecule has 4 heteroatoms. The standard InChI is InChI=1S/C21H14O4/c1-13-12-18(22)25-21-15(13)10-11-16-19(21)20(23)17(24-16)9-5-8-14-6-3-2-4-7-14/h2-12H,1H3/b8-5+,17-9-. The van der Waals surface area contributed by atoms with E-state index in [1.807, 2.05) is 43.3 Å². The van der Waals surface area contributed by atoms with E-state index in [4.69, 9.17) is 9.15 Å². The summed E-state index contributed by atoms with van der Waals surface area (Å²) in [5.41, 5.74) is 1.89. The van der Waals surface area contributed by atoms with Crippen molar-refractivity contribution in [3.63, 3.8) is 0 Å². The molecule has 0 saturated heterocycles. The van der Waals surface area contributed by atoms with Crippen LogP contribution in [-0.4, -0.2) is 5.78 Å². The summed E-state index contributed by atoms with van der Waals surface area (Å²) < 4.78 is 10.9. The monoisotopic (exact) mass is 330 g/mol. The van der Waals surface area contributed by atoms with Crippen LogP contribution in [0.1, 0.15) is 21.5 Å². The van der Waals surface area contributed by atoms with E-state index < -0.39 is 5.63 Å². The zero-order valence-electron chi connectivity index (χ0n) is 13.5. The normalized spacial score (nSPS) is 15.1. The number of ketones is 1. The van der Waals surface area contributed by atoms with Crippen LogP contribution in [0.2, 0.25) is 0 Å². The van der Waals surface area contributed by atoms with Gasteiger partial charge in [-0.05, 0) is 36.3 Å². The summed E-state index contributed by atoms with van der Waals surface area (Å²) in [4.78, 5) is 24.4. The first-order chi connectivity index (χ1) is 12.1. The maximum atomic E-state index is 12.7. The van der Waals surface area contributed by atoms with Gasteiger partial charge in [0.1, 0.15) is 11.3 Å². The lowest BCUT2D eigenvalue weighted by Crippen LogP contribution is -2.02. The van der Waals surface area contributed by atoms with E-state index in [0.717, 1.165) is 16.5 Å². The number of Topliss-reactive ketones (excluding diaryl/α,β-unsaturated/α-hetero) is 1. The second kappa shape index (κ2) is 5.91. The van der Waals surface area contributed by atoms with Crippen molar-refractivity contribution in [3.8, 4) is 5.75 Å². The predicted molar refractivity (Wildman–Crippen MR) is 95.7 cm³/mol. The van der Waals surface area contributed by atoms with Crippen molar-refractivity contribution in [1.29, 1.82) is 0 Å². The van der Waals surface area contributed by atoms with Gasteiger partial charge in [0.2, 0.25) is 5.78 Å². The molecular weight excluding hydrogens is 316 g/mol. The molecule has 4 rings (SSSR count). The summed E-state index contributed by atoms with van der Waals surface area (Å²) in [5.74, 6) is 0.330. The van der Waals surface area contributed by atoms with E-state index in [1.54, 1.807) is 24.3 Å². The Balaban J connectivity index is 1.74. The van der Waals surface area contributed by atoms with Gasteiger partial charge in [-0.2, -0.15) is 0 Å². The van der Waals surface area contributed by atoms with Crippen molar-refractivity contribution in [1.82, 2.24) is 0 Å². The summed E-state index contributed by atoms with van der Waals surface area (Å²) in [6.07, 6.45) is 5.27. The minimum Gasteiger partial charge on any atom is -0.452 e. The third-order valence-electron chi connectivity index (χ3n) is 4.09. The van der Waals surface area contributed by atoms with Crippen molar-refractivity contribution in [3.05, 3.63) is 93.6 Å². The van der Waals surface area contributed by atoms with Crippen molar-refractivity contribution >= 4 is 22.8 Å². The number of rotatable bonds is 2. The number of fused-ring (bicyclic) bond motifs is 3. The Morgan fingerprint density at radius 3 is 2.60 bits per heavy atom. The van der Waals surface area contributed by atoms with Crippen LogP contribution in [0.3, 0.4) is 0 Å². The summed E-state index contributed by atoms with van der Waals surface area (Å²) in [6, 6.07) is 14.7. The van der Waals surface area contributed by atoms with Gasteiger partial charge in [-0.1, -0.05) is 42.5 Å². The van der Waals surface area contributed by atoms with Crippen LogP contribution in [0.5, 0.6) is 5.75 Å². The molecule has 0 N–H and O–H groups in total. The maximum absolute atomic E-state index is 12.7. The number of aryl methyl sites for hydroxylation is 1. The molecule has 0 fully saturated rings. The number of ether oxygens (including phenoxy) is 1. The van der Waals surface area contributed by atoms with E-state index in [0.29, 0.717) is 11.3 Å². The smallest absolute Gasteiger partial charge is 0.336 e. The SMILES string of the molecule is Cc1cc(=O)oc2c3c(ccc12)O/C(=C\C=C\c1ccccc1)C3=O.